The Balaban J connectivity index is 2.65. The van der Waals surface area contributed by atoms with Gasteiger partial charge in [0.1, 0.15) is 6.10 Å². The molecule has 18 heavy (non-hydrogen) atoms. The van der Waals surface area contributed by atoms with Crippen molar-refractivity contribution in [3.8, 4) is 0 Å². The van der Waals surface area contributed by atoms with E-state index in [4.69, 9.17) is 11.5 Å². The molecule has 1 aromatic carbocycles. The van der Waals surface area contributed by atoms with Crippen molar-refractivity contribution in [2.24, 2.45) is 0 Å². The van der Waals surface area contributed by atoms with Crippen LogP contribution in [0.1, 0.15) is 25.0 Å². The molecule has 1 rings (SSSR count). The van der Waals surface area contributed by atoms with Gasteiger partial charge in [-0.25, -0.2) is 0 Å². The number of benzene rings is 1. The number of aliphatic hydroxyl groups is 2. The predicted octanol–water partition coefficient (Wildman–Crippen LogP) is 0.915. The van der Waals surface area contributed by atoms with Crippen molar-refractivity contribution < 1.29 is 15.0 Å². The number of rotatable bonds is 5. The summed E-state index contributed by atoms with van der Waals surface area (Å²) in [4.78, 5) is 10.7. The number of hydrogen-bond donors (Lipinski definition) is 4. The number of nitrogen functional groups attached to an aromatic ring is 2. The molecular formula is C12H18N2O3S. The molecule has 100 valence electrons. The Bertz CT molecular complexity index is 426. The monoisotopic (exact) mass is 270 g/mol. The molecule has 0 aliphatic rings. The van der Waals surface area contributed by atoms with E-state index in [2.05, 4.69) is 0 Å². The second-order valence-corrected chi connectivity index (χ2v) is 5.26. The van der Waals surface area contributed by atoms with E-state index in [1.54, 1.807) is 18.2 Å². The lowest BCUT2D eigenvalue weighted by molar-refractivity contribution is -0.109. The van der Waals surface area contributed by atoms with Gasteiger partial charge >= 0.3 is 0 Å². The van der Waals surface area contributed by atoms with Crippen LogP contribution >= 0.6 is 11.8 Å². The minimum absolute atomic E-state index is 0.0137. The molecule has 1 aromatic rings. The smallest absolute Gasteiger partial charge is 0.185 e. The number of nitrogens with two attached hydrogens (primary N) is 2. The van der Waals surface area contributed by atoms with Gasteiger partial charge in [-0.15, -0.1) is 0 Å². The molecule has 0 aromatic heterocycles. The van der Waals surface area contributed by atoms with Gasteiger partial charge in [-0.3, -0.25) is 4.79 Å². The van der Waals surface area contributed by atoms with E-state index in [1.165, 1.54) is 6.92 Å². The zero-order chi connectivity index (χ0) is 13.7. The van der Waals surface area contributed by atoms with E-state index in [1.807, 2.05) is 0 Å². The maximum Gasteiger partial charge on any atom is 0.185 e. The first-order chi connectivity index (χ1) is 8.43. The number of thioether (sulfide) groups is 1. The third kappa shape index (κ3) is 3.90. The lowest BCUT2D eigenvalue weighted by atomic mass is 10.0. The van der Waals surface area contributed by atoms with Crippen LogP contribution in [0.3, 0.4) is 0 Å². The molecule has 0 fully saturated rings. The average Bonchev–Trinajstić information content (AvgIpc) is 2.31. The third-order valence-corrected chi connectivity index (χ3v) is 3.42. The first-order valence-electron chi connectivity index (χ1n) is 5.56. The highest BCUT2D eigenvalue weighted by Gasteiger charge is 2.21. The Morgan fingerprint density at radius 1 is 1.39 bits per heavy atom. The second kappa shape index (κ2) is 6.63. The van der Waals surface area contributed by atoms with Crippen molar-refractivity contribution in [1.82, 2.24) is 0 Å². The molecule has 0 saturated heterocycles. The molecular weight excluding hydrogens is 252 g/mol. The zero-order valence-electron chi connectivity index (χ0n) is 10.2. The van der Waals surface area contributed by atoms with E-state index >= 15 is 0 Å². The quantitative estimate of drug-likeness (QED) is 0.592. The van der Waals surface area contributed by atoms with Crippen LogP contribution in [0.2, 0.25) is 0 Å². The number of para-hydroxylation sites is 1. The van der Waals surface area contributed by atoms with Crippen molar-refractivity contribution in [3.05, 3.63) is 23.8 Å². The molecule has 0 saturated carbocycles. The minimum atomic E-state index is -1.10. The fourth-order valence-corrected chi connectivity index (χ4v) is 2.19. The Morgan fingerprint density at radius 3 is 2.67 bits per heavy atom. The van der Waals surface area contributed by atoms with Crippen molar-refractivity contribution >= 4 is 28.3 Å². The lowest BCUT2D eigenvalue weighted by Crippen LogP contribution is -2.20. The largest absolute Gasteiger partial charge is 0.397 e. The van der Waals surface area contributed by atoms with Gasteiger partial charge in [0, 0.05) is 18.2 Å². The van der Waals surface area contributed by atoms with Crippen LogP contribution in [-0.2, 0) is 4.79 Å². The summed E-state index contributed by atoms with van der Waals surface area (Å²) >= 11 is 1.11. The summed E-state index contributed by atoms with van der Waals surface area (Å²) in [6, 6.07) is 4.92. The van der Waals surface area contributed by atoms with Crippen LogP contribution in [0, 0.1) is 0 Å². The predicted molar refractivity (Wildman–Crippen MR) is 74.0 cm³/mol. The molecule has 0 radical (unpaired) electrons. The number of carbonyl (C=O) groups excluding carboxylic acids is 1. The lowest BCUT2D eigenvalue weighted by Gasteiger charge is -2.20. The first kappa shape index (κ1) is 14.8. The highest BCUT2D eigenvalue weighted by atomic mass is 32.2. The molecule has 6 heteroatoms. The van der Waals surface area contributed by atoms with Crippen molar-refractivity contribution in [1.29, 1.82) is 0 Å². The van der Waals surface area contributed by atoms with Crippen LogP contribution in [0.25, 0.3) is 0 Å². The van der Waals surface area contributed by atoms with Gasteiger partial charge in [0.05, 0.1) is 17.5 Å². The van der Waals surface area contributed by atoms with Crippen molar-refractivity contribution in [2.45, 2.75) is 25.6 Å². The molecule has 6 N–H and O–H groups in total. The Kier molecular flexibility index (Phi) is 5.46. The van der Waals surface area contributed by atoms with Crippen LogP contribution in [0.4, 0.5) is 11.4 Å². The fourth-order valence-electron chi connectivity index (χ4n) is 1.55. The Hall–Kier alpha value is -1.24. The maximum atomic E-state index is 10.7. The summed E-state index contributed by atoms with van der Waals surface area (Å²) in [5.74, 6) is 0.454. The standard InChI is InChI=1S/C12H18N2O3S/c1-7(15)18-6-5-10(16)12(17)8-3-2-4-9(13)11(8)14/h2-4,10,12,16-17H,5-6,13-14H2,1H3. The van der Waals surface area contributed by atoms with E-state index in [9.17, 15) is 15.0 Å². The van der Waals surface area contributed by atoms with Crippen LogP contribution in [0.5, 0.6) is 0 Å². The maximum absolute atomic E-state index is 10.7. The highest BCUT2D eigenvalue weighted by Crippen LogP contribution is 2.28. The number of hydrogen-bond acceptors (Lipinski definition) is 6. The van der Waals surface area contributed by atoms with Crippen LogP contribution in [-0.4, -0.2) is 27.2 Å². The average molecular weight is 270 g/mol. The topological polar surface area (TPSA) is 110 Å². The first-order valence-corrected chi connectivity index (χ1v) is 6.55. The minimum Gasteiger partial charge on any atom is -0.397 e. The summed E-state index contributed by atoms with van der Waals surface area (Å²) in [7, 11) is 0. The fraction of sp³-hybridized carbons (Fsp3) is 0.417. The summed E-state index contributed by atoms with van der Waals surface area (Å²) in [6.45, 7) is 1.46. The van der Waals surface area contributed by atoms with Crippen LogP contribution < -0.4 is 11.5 Å². The molecule has 0 aliphatic heterocycles. The molecule has 0 bridgehead atoms. The Morgan fingerprint density at radius 2 is 2.06 bits per heavy atom. The van der Waals surface area contributed by atoms with E-state index < -0.39 is 12.2 Å². The van der Waals surface area contributed by atoms with Gasteiger partial charge in [0.2, 0.25) is 0 Å². The molecule has 2 atom stereocenters. The van der Waals surface area contributed by atoms with E-state index in [0.29, 0.717) is 23.4 Å². The molecule has 0 heterocycles. The van der Waals surface area contributed by atoms with Crippen LogP contribution in [0.15, 0.2) is 18.2 Å². The SMILES string of the molecule is CC(=O)SCCC(O)C(O)c1cccc(N)c1N. The van der Waals surface area contributed by atoms with E-state index in [0.717, 1.165) is 11.8 Å². The zero-order valence-corrected chi connectivity index (χ0v) is 11.0. The molecule has 0 aliphatic carbocycles. The van der Waals surface area contributed by atoms with Gasteiger partial charge in [-0.05, 0) is 12.5 Å². The number of aliphatic hydroxyl groups excluding tert-OH is 2. The Labute approximate surface area is 110 Å². The van der Waals surface area contributed by atoms with Gasteiger partial charge in [-0.2, -0.15) is 0 Å². The molecule has 0 spiro atoms. The number of anilines is 2. The van der Waals surface area contributed by atoms with Gasteiger partial charge < -0.3 is 21.7 Å². The molecule has 0 amide bonds. The van der Waals surface area contributed by atoms with Gasteiger partial charge in [0.25, 0.3) is 0 Å². The number of carbonyl (C=O) groups is 1. The third-order valence-electron chi connectivity index (χ3n) is 2.58. The summed E-state index contributed by atoms with van der Waals surface area (Å²) < 4.78 is 0. The van der Waals surface area contributed by atoms with Crippen molar-refractivity contribution in [2.75, 3.05) is 17.2 Å². The molecule has 5 nitrogen and oxygen atoms in total. The van der Waals surface area contributed by atoms with Crippen molar-refractivity contribution in [3.63, 3.8) is 0 Å². The molecule has 2 unspecified atom stereocenters. The highest BCUT2D eigenvalue weighted by molar-refractivity contribution is 8.13. The summed E-state index contributed by atoms with van der Waals surface area (Å²) in [5, 5.41) is 19.8. The normalized spacial score (nSPS) is 14.2. The van der Waals surface area contributed by atoms with Gasteiger partial charge in [0.15, 0.2) is 5.12 Å². The summed E-state index contributed by atoms with van der Waals surface area (Å²) in [5.41, 5.74) is 12.4. The summed E-state index contributed by atoms with van der Waals surface area (Å²) in [6.07, 6.45) is -1.76. The second-order valence-electron chi connectivity index (χ2n) is 3.99. The van der Waals surface area contributed by atoms with E-state index in [-0.39, 0.29) is 10.8 Å². The van der Waals surface area contributed by atoms with Gasteiger partial charge in [-0.1, -0.05) is 23.9 Å².